The van der Waals surface area contributed by atoms with Gasteiger partial charge in [-0.1, -0.05) is 173 Å². The Morgan fingerprint density at radius 1 is 0.875 bits per heavy atom. The van der Waals surface area contributed by atoms with Gasteiger partial charge in [0.05, 0.1) is 17.9 Å². The molecule has 1 aliphatic heterocycles. The van der Waals surface area contributed by atoms with Crippen molar-refractivity contribution in [2.24, 2.45) is 34.0 Å². The van der Waals surface area contributed by atoms with Crippen LogP contribution in [0, 0.1) is 46.3 Å². The molecule has 324 valence electrons. The molecule has 1 heterocycles. The number of likely N-dealkylation sites (tertiary alicyclic amines) is 1. The molecular formula is C52H96N4. The number of terminal acetylenes is 1. The van der Waals surface area contributed by atoms with Crippen molar-refractivity contribution in [2.45, 2.75) is 200 Å². The summed E-state index contributed by atoms with van der Waals surface area (Å²) < 4.78 is 0. The van der Waals surface area contributed by atoms with Crippen molar-refractivity contribution in [1.82, 2.24) is 20.9 Å². The molecule has 3 rings (SSSR count). The number of hydrogen-bond donors (Lipinski definition) is 3. The summed E-state index contributed by atoms with van der Waals surface area (Å²) in [6.45, 7) is 63.0. The number of allylic oxidation sites excluding steroid dienone is 2. The predicted octanol–water partition coefficient (Wildman–Crippen LogP) is 14.4. The van der Waals surface area contributed by atoms with E-state index in [2.05, 4.69) is 136 Å². The van der Waals surface area contributed by atoms with Crippen LogP contribution < -0.4 is 16.0 Å². The lowest BCUT2D eigenvalue weighted by Crippen LogP contribution is -2.54. The molecule has 2 aliphatic carbocycles. The zero-order valence-corrected chi connectivity index (χ0v) is 40.4. The van der Waals surface area contributed by atoms with Gasteiger partial charge in [0.1, 0.15) is 0 Å². The van der Waals surface area contributed by atoms with Gasteiger partial charge in [-0.2, -0.15) is 0 Å². The van der Waals surface area contributed by atoms with E-state index in [1.54, 1.807) is 0 Å². The van der Waals surface area contributed by atoms with Crippen molar-refractivity contribution in [2.75, 3.05) is 13.1 Å². The van der Waals surface area contributed by atoms with Crippen molar-refractivity contribution >= 4 is 0 Å². The predicted molar refractivity (Wildman–Crippen MR) is 255 cm³/mol. The van der Waals surface area contributed by atoms with Crippen molar-refractivity contribution in [1.29, 1.82) is 0 Å². The van der Waals surface area contributed by atoms with Crippen LogP contribution in [0.4, 0.5) is 0 Å². The lowest BCUT2D eigenvalue weighted by atomic mass is 9.69. The molecule has 3 fully saturated rings. The molecule has 4 heteroatoms. The fourth-order valence-corrected chi connectivity index (χ4v) is 8.40. The van der Waals surface area contributed by atoms with Crippen LogP contribution in [0.1, 0.15) is 181 Å². The summed E-state index contributed by atoms with van der Waals surface area (Å²) in [5, 5.41) is 10.9. The van der Waals surface area contributed by atoms with Gasteiger partial charge in [-0.3, -0.25) is 0 Å². The monoisotopic (exact) mass is 777 g/mol. The van der Waals surface area contributed by atoms with E-state index in [0.717, 1.165) is 68.2 Å². The van der Waals surface area contributed by atoms with E-state index in [-0.39, 0.29) is 16.9 Å². The molecule has 0 spiro atoms. The summed E-state index contributed by atoms with van der Waals surface area (Å²) >= 11 is 0. The van der Waals surface area contributed by atoms with E-state index in [1.165, 1.54) is 55.4 Å². The molecule has 6 atom stereocenters. The Morgan fingerprint density at radius 2 is 1.41 bits per heavy atom. The fraction of sp³-hybridized carbons (Fsp3) is 0.731. The zero-order chi connectivity index (χ0) is 44.0. The molecule has 3 aliphatic rings. The summed E-state index contributed by atoms with van der Waals surface area (Å²) in [5.41, 5.74) is 6.58. The van der Waals surface area contributed by atoms with Gasteiger partial charge in [0.25, 0.3) is 0 Å². The normalized spacial score (nSPS) is 21.2. The number of hydrogen-bond acceptors (Lipinski definition) is 4. The van der Waals surface area contributed by atoms with E-state index >= 15 is 0 Å². The number of nitrogens with one attached hydrogen (secondary N) is 3. The first-order valence-electron chi connectivity index (χ1n) is 22.7. The van der Waals surface area contributed by atoms with E-state index in [1.807, 2.05) is 34.6 Å². The van der Waals surface area contributed by atoms with Crippen molar-refractivity contribution < 1.29 is 0 Å². The molecule has 0 amide bonds. The average Bonchev–Trinajstić information content (AvgIpc) is 3.45. The van der Waals surface area contributed by atoms with Crippen LogP contribution in [0.15, 0.2) is 73.4 Å². The van der Waals surface area contributed by atoms with Gasteiger partial charge < -0.3 is 20.9 Å². The second-order valence-corrected chi connectivity index (χ2v) is 18.2. The summed E-state index contributed by atoms with van der Waals surface area (Å²) in [5.74, 6) is 5.43. The van der Waals surface area contributed by atoms with Crippen LogP contribution in [-0.2, 0) is 0 Å². The minimum absolute atomic E-state index is 0.132. The van der Waals surface area contributed by atoms with E-state index in [0.29, 0.717) is 29.3 Å². The highest BCUT2D eigenvalue weighted by atomic mass is 15.3. The van der Waals surface area contributed by atoms with Crippen LogP contribution in [0.5, 0.6) is 0 Å². The third kappa shape index (κ3) is 17.0. The van der Waals surface area contributed by atoms with Crippen LogP contribution in [0.25, 0.3) is 0 Å². The maximum atomic E-state index is 5.19. The zero-order valence-electron chi connectivity index (χ0n) is 40.4. The first-order valence-corrected chi connectivity index (χ1v) is 22.7. The highest BCUT2D eigenvalue weighted by Gasteiger charge is 2.67. The third-order valence-corrected chi connectivity index (χ3v) is 12.2. The third-order valence-electron chi connectivity index (χ3n) is 12.2. The van der Waals surface area contributed by atoms with Crippen molar-refractivity contribution in [3.63, 3.8) is 0 Å². The first kappa shape index (κ1) is 55.3. The lowest BCUT2D eigenvalue weighted by molar-refractivity contribution is 0.132. The van der Waals surface area contributed by atoms with E-state index in [9.17, 15) is 0 Å². The largest absolute Gasteiger partial charge is 0.386 e. The van der Waals surface area contributed by atoms with Crippen molar-refractivity contribution in [3.8, 4) is 12.3 Å². The fourth-order valence-electron chi connectivity index (χ4n) is 8.40. The average molecular weight is 777 g/mol. The lowest BCUT2D eigenvalue weighted by Gasteiger charge is -2.47. The summed E-state index contributed by atoms with van der Waals surface area (Å²) in [6, 6.07) is 0.904. The summed E-state index contributed by atoms with van der Waals surface area (Å²) in [4.78, 5) is 2.61. The highest BCUT2D eigenvalue weighted by Crippen LogP contribution is 2.66. The number of nitrogens with zero attached hydrogens (tertiary/aromatic N) is 1. The van der Waals surface area contributed by atoms with Gasteiger partial charge in [-0.25, -0.2) is 0 Å². The topological polar surface area (TPSA) is 39.3 Å². The molecule has 3 N–H and O–H groups in total. The molecule has 0 aromatic heterocycles. The van der Waals surface area contributed by atoms with Gasteiger partial charge >= 0.3 is 0 Å². The Morgan fingerprint density at radius 3 is 1.86 bits per heavy atom. The molecule has 0 aromatic rings. The van der Waals surface area contributed by atoms with Gasteiger partial charge in [0.15, 0.2) is 0 Å². The van der Waals surface area contributed by atoms with Crippen LogP contribution >= 0.6 is 0 Å². The molecule has 4 unspecified atom stereocenters. The Kier molecular flexibility index (Phi) is 26.7. The molecule has 1 saturated heterocycles. The maximum Gasteiger partial charge on any atom is 0.0920 e. The highest BCUT2D eigenvalue weighted by molar-refractivity contribution is 5.30. The summed E-state index contributed by atoms with van der Waals surface area (Å²) in [6.07, 6.45) is 17.8. The number of rotatable bonds is 18. The number of fused-ring (bicyclic) bond motifs is 1. The number of piperidine rings is 1. The second-order valence-electron chi connectivity index (χ2n) is 18.2. The molecule has 4 nitrogen and oxygen atoms in total. The Balaban J connectivity index is 0. The maximum absolute atomic E-state index is 5.19. The van der Waals surface area contributed by atoms with Gasteiger partial charge in [0.2, 0.25) is 0 Å². The molecule has 56 heavy (non-hydrogen) atoms. The minimum atomic E-state index is 0.132. The summed E-state index contributed by atoms with van der Waals surface area (Å²) in [7, 11) is 0. The molecular weight excluding hydrogens is 681 g/mol. The number of likely N-dealkylation sites (N-methyl/N-ethyl adjacent to an activating group) is 1. The van der Waals surface area contributed by atoms with Gasteiger partial charge in [0, 0.05) is 36.9 Å². The molecule has 2 saturated carbocycles. The van der Waals surface area contributed by atoms with Crippen LogP contribution in [0.3, 0.4) is 0 Å². The Bertz CT molecular complexity index is 1250. The Hall–Kier alpha value is -2.80. The van der Waals surface area contributed by atoms with E-state index < -0.39 is 0 Å². The molecule has 0 radical (unpaired) electrons. The second kappa shape index (κ2) is 27.0. The smallest absolute Gasteiger partial charge is 0.0920 e. The Labute approximate surface area is 352 Å². The standard InChI is InChI=1S/C33H57N3.C12H19N.C3H8.2C2H6/c1-13-23(4)17-18-27(31(7,8)9)34-25(6)35-30(33(12)19-15-14-16-20-33)24(5)36-21-26-28(32(26,10)11)29(36)22(2)3;1-6-8-9-10(3)11(4)12(5)13-7-2;1-3-2;2*1-2/h26-30,34-35H,2,4-6,13-21H2,1,3,7-12H3;1,10,13H,4-5,7-9H2,2-3H3;3H2,1-2H3;2*1-2H3/t26-,27?,28-,29?,30?;;;;/m0..../s1. The van der Waals surface area contributed by atoms with Gasteiger partial charge in [-0.05, 0) is 91.9 Å². The van der Waals surface area contributed by atoms with Gasteiger partial charge in [-0.15, -0.1) is 12.3 Å². The quantitative estimate of drug-likeness (QED) is 0.0736. The minimum Gasteiger partial charge on any atom is -0.386 e. The molecule has 0 bridgehead atoms. The molecule has 0 aromatic carbocycles. The van der Waals surface area contributed by atoms with E-state index in [4.69, 9.17) is 13.0 Å². The van der Waals surface area contributed by atoms with Crippen LogP contribution in [-0.4, -0.2) is 36.1 Å². The SMILES string of the molecule is C#CCCC(C)C(=C)C(=C)NCC.C=C(CC)CCC(NC(=C)NC(C(=C)N1C[C@H]2[C@@H](C1C(=C)C)C2(C)C)C1(C)CCCCC1)C(C)(C)C.CC.CC.CCC. The van der Waals surface area contributed by atoms with Crippen LogP contribution in [0.2, 0.25) is 0 Å². The first-order chi connectivity index (χ1) is 26.2. The van der Waals surface area contributed by atoms with Crippen molar-refractivity contribution in [3.05, 3.63) is 73.4 Å².